The predicted octanol–water partition coefficient (Wildman–Crippen LogP) is 11.2. The van der Waals surface area contributed by atoms with E-state index in [1.165, 1.54) is 70.6 Å². The summed E-state index contributed by atoms with van der Waals surface area (Å²) in [4.78, 5) is 35.2. The first-order valence-corrected chi connectivity index (χ1v) is 22.1. The van der Waals surface area contributed by atoms with E-state index in [4.69, 9.17) is 18.5 Å². The van der Waals surface area contributed by atoms with E-state index in [-0.39, 0.29) is 32.0 Å². The lowest BCUT2D eigenvalue weighted by molar-refractivity contribution is -0.870. The van der Waals surface area contributed by atoms with Gasteiger partial charge in [0.2, 0.25) is 0 Å². The van der Waals surface area contributed by atoms with Crippen LogP contribution in [0, 0.1) is 0 Å². The van der Waals surface area contributed by atoms with Gasteiger partial charge in [0.15, 0.2) is 6.10 Å². The third-order valence-corrected chi connectivity index (χ3v) is 9.69. The molecule has 1 unspecified atom stereocenters. The number of unbranched alkanes of at least 4 members (excludes halogenated alkanes) is 19. The Morgan fingerprint density at radius 2 is 1.00 bits per heavy atom. The highest BCUT2D eigenvalue weighted by molar-refractivity contribution is 7.47. The Hall–Kier alpha value is -1.51. The summed E-state index contributed by atoms with van der Waals surface area (Å²) in [5.41, 5.74) is 0. The summed E-state index contributed by atoms with van der Waals surface area (Å²) in [7, 11) is 1.47. The number of ether oxygens (including phenoxy) is 2. The number of carbonyl (C=O) groups is 2. The Bertz CT molecular complexity index is 933. The number of likely N-dealkylation sites (N-methyl/N-ethyl adjacent to an activating group) is 1. The molecular formula is C41H79NO8P+. The molecule has 10 heteroatoms. The van der Waals surface area contributed by atoms with Gasteiger partial charge in [0.05, 0.1) is 27.7 Å². The Labute approximate surface area is 313 Å². The summed E-state index contributed by atoms with van der Waals surface area (Å²) in [6, 6.07) is 0. The average Bonchev–Trinajstić information content (AvgIpc) is 3.07. The van der Waals surface area contributed by atoms with Gasteiger partial charge in [-0.25, -0.2) is 4.57 Å². The van der Waals surface area contributed by atoms with Gasteiger partial charge >= 0.3 is 19.8 Å². The van der Waals surface area contributed by atoms with Crippen molar-refractivity contribution in [2.75, 3.05) is 47.5 Å². The summed E-state index contributed by atoms with van der Waals surface area (Å²) in [6.07, 6.45) is 35.1. The first-order valence-electron chi connectivity index (χ1n) is 20.6. The van der Waals surface area contributed by atoms with Crippen molar-refractivity contribution in [3.05, 3.63) is 24.3 Å². The fourth-order valence-corrected chi connectivity index (χ4v) is 6.16. The molecule has 0 bridgehead atoms. The minimum absolute atomic E-state index is 0.0297. The van der Waals surface area contributed by atoms with Crippen molar-refractivity contribution >= 4 is 19.8 Å². The van der Waals surface area contributed by atoms with Crippen molar-refractivity contribution in [1.29, 1.82) is 0 Å². The van der Waals surface area contributed by atoms with Crippen LogP contribution in [-0.2, 0) is 32.7 Å². The zero-order valence-electron chi connectivity index (χ0n) is 33.6. The fraction of sp³-hybridized carbons (Fsp3) is 0.854. The first-order chi connectivity index (χ1) is 24.5. The zero-order valence-corrected chi connectivity index (χ0v) is 34.5. The van der Waals surface area contributed by atoms with Crippen molar-refractivity contribution < 1.29 is 42.1 Å². The summed E-state index contributed by atoms with van der Waals surface area (Å²) in [5.74, 6) is -0.818. The van der Waals surface area contributed by atoms with E-state index in [2.05, 4.69) is 38.2 Å². The number of esters is 2. The Balaban J connectivity index is 4.41. The van der Waals surface area contributed by atoms with E-state index in [1.54, 1.807) is 0 Å². The third kappa shape index (κ3) is 38.0. The van der Waals surface area contributed by atoms with Crippen molar-refractivity contribution in [2.24, 2.45) is 0 Å². The molecule has 0 aromatic carbocycles. The van der Waals surface area contributed by atoms with Crippen LogP contribution in [-0.4, -0.2) is 74.9 Å². The summed E-state index contributed by atoms with van der Waals surface area (Å²) < 4.78 is 34.2. The van der Waals surface area contributed by atoms with E-state index in [1.807, 2.05) is 21.1 Å². The normalized spacial score (nSPS) is 13.9. The number of nitrogens with zero attached hydrogens (tertiary/aromatic N) is 1. The first kappa shape index (κ1) is 49.5. The van der Waals surface area contributed by atoms with Gasteiger partial charge in [0.1, 0.15) is 19.8 Å². The maximum Gasteiger partial charge on any atom is 0.472 e. The van der Waals surface area contributed by atoms with Gasteiger partial charge in [0, 0.05) is 12.8 Å². The monoisotopic (exact) mass is 745 g/mol. The van der Waals surface area contributed by atoms with Crippen LogP contribution in [0.25, 0.3) is 0 Å². The smallest absolute Gasteiger partial charge is 0.462 e. The van der Waals surface area contributed by atoms with Gasteiger partial charge in [0.25, 0.3) is 0 Å². The maximum atomic E-state index is 12.6. The lowest BCUT2D eigenvalue weighted by Crippen LogP contribution is -2.37. The van der Waals surface area contributed by atoms with Crippen LogP contribution in [0.15, 0.2) is 24.3 Å². The van der Waals surface area contributed by atoms with Crippen molar-refractivity contribution in [3.8, 4) is 0 Å². The lowest BCUT2D eigenvalue weighted by atomic mass is 10.1. The molecule has 300 valence electrons. The molecule has 0 aliphatic heterocycles. The van der Waals surface area contributed by atoms with Crippen molar-refractivity contribution in [2.45, 2.75) is 180 Å². The summed E-state index contributed by atoms with van der Waals surface area (Å²) in [5, 5.41) is 0. The highest BCUT2D eigenvalue weighted by Crippen LogP contribution is 2.43. The molecule has 0 saturated heterocycles. The van der Waals surface area contributed by atoms with Gasteiger partial charge in [-0.15, -0.1) is 0 Å². The number of rotatable bonds is 37. The van der Waals surface area contributed by atoms with Crippen LogP contribution in [0.3, 0.4) is 0 Å². The molecule has 0 spiro atoms. The molecule has 0 fully saturated rings. The molecule has 0 heterocycles. The van der Waals surface area contributed by atoms with Crippen molar-refractivity contribution in [3.63, 3.8) is 0 Å². The molecule has 0 aromatic rings. The van der Waals surface area contributed by atoms with Gasteiger partial charge in [-0.3, -0.25) is 18.6 Å². The van der Waals surface area contributed by atoms with Crippen LogP contribution < -0.4 is 0 Å². The molecule has 0 aromatic heterocycles. The van der Waals surface area contributed by atoms with Gasteiger partial charge in [-0.2, -0.15) is 0 Å². The van der Waals surface area contributed by atoms with Crippen LogP contribution in [0.2, 0.25) is 0 Å². The number of hydrogen-bond donors (Lipinski definition) is 1. The number of phosphoric acid groups is 1. The molecule has 0 radical (unpaired) electrons. The second-order valence-electron chi connectivity index (χ2n) is 15.0. The molecule has 0 saturated carbocycles. The average molecular weight is 745 g/mol. The predicted molar refractivity (Wildman–Crippen MR) is 211 cm³/mol. The number of allylic oxidation sites excluding steroid dienone is 4. The molecule has 1 N–H and O–H groups in total. The van der Waals surface area contributed by atoms with Gasteiger partial charge in [-0.1, -0.05) is 122 Å². The van der Waals surface area contributed by atoms with Crippen LogP contribution in [0.1, 0.15) is 174 Å². The highest BCUT2D eigenvalue weighted by Gasteiger charge is 2.27. The fourth-order valence-electron chi connectivity index (χ4n) is 5.41. The molecule has 9 nitrogen and oxygen atoms in total. The molecule has 2 atom stereocenters. The summed E-state index contributed by atoms with van der Waals surface area (Å²) in [6.45, 7) is 4.37. The third-order valence-electron chi connectivity index (χ3n) is 8.70. The topological polar surface area (TPSA) is 108 Å². The Morgan fingerprint density at radius 3 is 1.49 bits per heavy atom. The quantitative estimate of drug-likeness (QED) is 0.0220. The van der Waals surface area contributed by atoms with E-state index in [0.29, 0.717) is 17.4 Å². The van der Waals surface area contributed by atoms with E-state index in [9.17, 15) is 19.0 Å². The number of phosphoric ester groups is 1. The van der Waals surface area contributed by atoms with Crippen LogP contribution in [0.4, 0.5) is 0 Å². The van der Waals surface area contributed by atoms with Crippen LogP contribution in [0.5, 0.6) is 0 Å². The maximum absolute atomic E-state index is 12.6. The highest BCUT2D eigenvalue weighted by atomic mass is 31.2. The minimum Gasteiger partial charge on any atom is -0.462 e. The molecule has 51 heavy (non-hydrogen) atoms. The minimum atomic E-state index is -4.37. The number of hydrogen-bond acceptors (Lipinski definition) is 7. The molecule has 0 amide bonds. The van der Waals surface area contributed by atoms with Gasteiger partial charge < -0.3 is 18.9 Å². The number of carbonyl (C=O) groups excluding carboxylic acids is 2. The van der Waals surface area contributed by atoms with Crippen LogP contribution >= 0.6 is 7.82 Å². The Morgan fingerprint density at radius 1 is 0.588 bits per heavy atom. The number of quaternary nitrogens is 1. The van der Waals surface area contributed by atoms with E-state index >= 15 is 0 Å². The lowest BCUT2D eigenvalue weighted by Gasteiger charge is -2.24. The van der Waals surface area contributed by atoms with E-state index < -0.39 is 26.5 Å². The second kappa shape index (κ2) is 34.3. The second-order valence-corrected chi connectivity index (χ2v) is 16.5. The molecular weight excluding hydrogens is 665 g/mol. The molecule has 0 aliphatic carbocycles. The van der Waals surface area contributed by atoms with Gasteiger partial charge in [-0.05, 0) is 64.2 Å². The van der Waals surface area contributed by atoms with Crippen molar-refractivity contribution in [1.82, 2.24) is 0 Å². The molecule has 0 rings (SSSR count). The largest absolute Gasteiger partial charge is 0.472 e. The Kier molecular flexibility index (Phi) is 33.3. The van der Waals surface area contributed by atoms with E-state index in [0.717, 1.165) is 70.6 Å². The molecule has 0 aliphatic rings. The summed E-state index contributed by atoms with van der Waals surface area (Å²) >= 11 is 0. The standard InChI is InChI=1S/C41H78NO8P/c1-6-8-10-12-14-16-18-20-21-22-24-25-27-29-31-33-40(43)47-37-39(38-49-51(45,46)48-36-35-42(3,4)5)50-41(44)34-32-30-28-26-23-19-17-15-13-11-9-7-2/h15,17,20-21,39H,6-14,16,18-19,22-38H2,1-5H3/p+1/b17-15+,21-20-/t39-/m1/s1. The SMILES string of the molecule is CCCCC/C=C/CCCCCCCC(=O)O[C@H](COC(=O)CCCCCCC/C=C\CCCCCCCC)COP(=O)(O)OCC[N+](C)(C)C. The zero-order chi connectivity index (χ0) is 37.9.